The number of rotatable bonds is 11. The summed E-state index contributed by atoms with van der Waals surface area (Å²) in [5.74, 6) is -1.38. The maximum atomic E-state index is 13.8. The highest BCUT2D eigenvalue weighted by Crippen LogP contribution is 2.33. The molecule has 0 spiro atoms. The van der Waals surface area contributed by atoms with E-state index in [9.17, 15) is 26.4 Å². The third-order valence-corrected chi connectivity index (χ3v) is 12.1. The fraction of sp³-hybridized carbons (Fsp3) is 0.520. The molecular weight excluding hydrogens is 580 g/mol. The Labute approximate surface area is 238 Å². The van der Waals surface area contributed by atoms with Gasteiger partial charge in [0.15, 0.2) is 6.29 Å². The summed E-state index contributed by atoms with van der Waals surface area (Å²) in [6.07, 6.45) is 1.76. The maximum absolute atomic E-state index is 13.8. The molecule has 40 heavy (non-hydrogen) atoms. The van der Waals surface area contributed by atoms with Crippen LogP contribution in [0.4, 0.5) is 0 Å². The first-order valence-corrected chi connectivity index (χ1v) is 16.9. The summed E-state index contributed by atoms with van der Waals surface area (Å²) in [4.78, 5) is 31.0. The number of nitrogens with zero attached hydrogens (tertiary/aromatic N) is 2. The van der Waals surface area contributed by atoms with Crippen LogP contribution >= 0.6 is 11.3 Å². The van der Waals surface area contributed by atoms with E-state index in [2.05, 4.69) is 10.8 Å². The average molecular weight is 615 g/mol. The summed E-state index contributed by atoms with van der Waals surface area (Å²) in [5, 5.41) is 2.45. The number of hydrogen-bond donors (Lipinski definition) is 2. The summed E-state index contributed by atoms with van der Waals surface area (Å²) in [6.45, 7) is -0.268. The van der Waals surface area contributed by atoms with Crippen molar-refractivity contribution in [1.82, 2.24) is 19.4 Å². The lowest BCUT2D eigenvalue weighted by Crippen LogP contribution is -2.61. The molecule has 1 aromatic carbocycles. The van der Waals surface area contributed by atoms with Gasteiger partial charge >= 0.3 is 0 Å². The molecule has 0 saturated carbocycles. The van der Waals surface area contributed by atoms with E-state index in [1.54, 1.807) is 6.07 Å². The summed E-state index contributed by atoms with van der Waals surface area (Å²) in [5.41, 5.74) is 3.16. The summed E-state index contributed by atoms with van der Waals surface area (Å²) >= 11 is 1.08. The van der Waals surface area contributed by atoms with Gasteiger partial charge in [0.05, 0.1) is 5.75 Å². The molecule has 0 radical (unpaired) electrons. The van der Waals surface area contributed by atoms with E-state index in [0.29, 0.717) is 13.0 Å². The van der Waals surface area contributed by atoms with E-state index in [1.807, 2.05) is 30.3 Å². The Bertz CT molecular complexity index is 1380. The van der Waals surface area contributed by atoms with Gasteiger partial charge in [0.1, 0.15) is 10.3 Å². The number of sulfonamides is 2. The van der Waals surface area contributed by atoms with Gasteiger partial charge in [-0.3, -0.25) is 9.59 Å². The largest absolute Gasteiger partial charge is 0.359 e. The van der Waals surface area contributed by atoms with Gasteiger partial charge in [-0.1, -0.05) is 30.3 Å². The molecule has 2 saturated heterocycles. The lowest BCUT2D eigenvalue weighted by atomic mass is 10.2. The number of hydroxylamine groups is 1. The fourth-order valence-corrected chi connectivity index (χ4v) is 9.00. The predicted molar refractivity (Wildman–Crippen MR) is 149 cm³/mol. The first-order valence-electron chi connectivity index (χ1n) is 13.0. The second-order valence-corrected chi connectivity index (χ2v) is 14.7. The van der Waals surface area contributed by atoms with Crippen molar-refractivity contribution in [3.63, 3.8) is 0 Å². The number of benzene rings is 1. The highest BCUT2D eigenvalue weighted by atomic mass is 32.2. The van der Waals surface area contributed by atoms with Crippen molar-refractivity contribution in [3.8, 4) is 10.4 Å². The van der Waals surface area contributed by atoms with Crippen LogP contribution in [0.5, 0.6) is 0 Å². The molecular formula is C25H34N4O8S3. The van der Waals surface area contributed by atoms with Crippen molar-refractivity contribution < 1.29 is 36.0 Å². The van der Waals surface area contributed by atoms with E-state index >= 15 is 0 Å². The van der Waals surface area contributed by atoms with Crippen LogP contribution in [0.25, 0.3) is 10.4 Å². The third-order valence-electron chi connectivity index (χ3n) is 6.71. The van der Waals surface area contributed by atoms with Crippen LogP contribution in [0, 0.1) is 0 Å². The van der Waals surface area contributed by atoms with Gasteiger partial charge in [0.2, 0.25) is 15.9 Å². The molecule has 220 valence electrons. The van der Waals surface area contributed by atoms with Gasteiger partial charge in [-0.2, -0.15) is 8.61 Å². The molecule has 3 heterocycles. The van der Waals surface area contributed by atoms with Gasteiger partial charge in [0.25, 0.3) is 15.9 Å². The third kappa shape index (κ3) is 7.46. The van der Waals surface area contributed by atoms with Gasteiger partial charge in [-0.25, -0.2) is 27.2 Å². The molecule has 1 unspecified atom stereocenters. The van der Waals surface area contributed by atoms with Crippen molar-refractivity contribution in [2.75, 3.05) is 39.0 Å². The van der Waals surface area contributed by atoms with Crippen molar-refractivity contribution in [2.45, 2.75) is 48.6 Å². The molecule has 2 atom stereocenters. The van der Waals surface area contributed by atoms with Crippen LogP contribution < -0.4 is 10.8 Å². The normalized spacial score (nSPS) is 21.1. The molecule has 1 aromatic heterocycles. The summed E-state index contributed by atoms with van der Waals surface area (Å²) in [7, 11) is -6.55. The monoisotopic (exact) mass is 614 g/mol. The van der Waals surface area contributed by atoms with Crippen LogP contribution in [0.3, 0.4) is 0 Å². The van der Waals surface area contributed by atoms with Crippen LogP contribution in [-0.2, 0) is 39.2 Å². The minimum Gasteiger partial charge on any atom is -0.359 e. The number of carbonyl (C=O) groups is 2. The van der Waals surface area contributed by atoms with Crippen molar-refractivity contribution in [3.05, 3.63) is 42.5 Å². The minimum atomic E-state index is -4.16. The Balaban J connectivity index is 1.54. The van der Waals surface area contributed by atoms with Gasteiger partial charge in [-0.05, 0) is 37.0 Å². The molecule has 2 fully saturated rings. The molecule has 0 bridgehead atoms. The summed E-state index contributed by atoms with van der Waals surface area (Å²) < 4.78 is 61.3. The average Bonchev–Trinajstić information content (AvgIpc) is 3.48. The highest BCUT2D eigenvalue weighted by molar-refractivity contribution is 7.91. The molecule has 2 aromatic rings. The second kappa shape index (κ2) is 13.5. The first-order chi connectivity index (χ1) is 19.1. The summed E-state index contributed by atoms with van der Waals surface area (Å²) in [6, 6.07) is 11.1. The Morgan fingerprint density at radius 1 is 1.07 bits per heavy atom. The van der Waals surface area contributed by atoms with Crippen LogP contribution in [0.15, 0.2) is 46.7 Å². The Morgan fingerprint density at radius 3 is 2.55 bits per heavy atom. The van der Waals surface area contributed by atoms with E-state index in [1.165, 1.54) is 13.1 Å². The number of ether oxygens (including phenoxy) is 1. The first kappa shape index (κ1) is 30.6. The molecule has 0 aliphatic carbocycles. The molecule has 2 aliphatic rings. The Morgan fingerprint density at radius 2 is 1.85 bits per heavy atom. The zero-order chi connectivity index (χ0) is 28.8. The molecule has 2 aliphatic heterocycles. The standard InChI is InChI=1S/C25H34N4O8S3/c1-26-22(30)10-7-17-39(32,33)28-14-15-29(20(18-28)25(31)27-37-23-11-5-6-16-36-23)40(34,35)24-13-12-21(38-24)19-8-3-2-4-9-19/h2-4,8-9,12-13,20,23H,5-7,10-11,14-18H2,1H3,(H,26,30)(H,27,31)/t20-,23?/m1/s1. The van der Waals surface area contributed by atoms with Crippen LogP contribution in [0.2, 0.25) is 0 Å². The molecule has 4 rings (SSSR count). The Hall–Kier alpha value is -2.40. The molecule has 2 N–H and O–H groups in total. The maximum Gasteiger partial charge on any atom is 0.263 e. The second-order valence-electron chi connectivity index (χ2n) is 9.45. The zero-order valence-corrected chi connectivity index (χ0v) is 24.6. The quantitative estimate of drug-likeness (QED) is 0.362. The lowest BCUT2D eigenvalue weighted by Gasteiger charge is -2.38. The van der Waals surface area contributed by atoms with E-state index < -0.39 is 38.3 Å². The molecule has 15 heteroatoms. The van der Waals surface area contributed by atoms with Gasteiger partial charge in [0, 0.05) is 51.0 Å². The zero-order valence-electron chi connectivity index (χ0n) is 22.2. The van der Waals surface area contributed by atoms with E-state index in [4.69, 9.17) is 9.57 Å². The van der Waals surface area contributed by atoms with Gasteiger partial charge < -0.3 is 10.1 Å². The van der Waals surface area contributed by atoms with Crippen LogP contribution in [-0.4, -0.2) is 88.6 Å². The molecule has 2 amide bonds. The predicted octanol–water partition coefficient (Wildman–Crippen LogP) is 1.52. The topological polar surface area (TPSA) is 151 Å². The number of amides is 2. The van der Waals surface area contributed by atoms with Crippen molar-refractivity contribution in [2.24, 2.45) is 0 Å². The van der Waals surface area contributed by atoms with Crippen molar-refractivity contribution >= 4 is 43.2 Å². The number of hydrogen-bond acceptors (Lipinski definition) is 9. The molecule has 12 nitrogen and oxygen atoms in total. The number of nitrogens with one attached hydrogen (secondary N) is 2. The lowest BCUT2D eigenvalue weighted by molar-refractivity contribution is -0.202. The SMILES string of the molecule is CNC(=O)CCCS(=O)(=O)N1CCN(S(=O)(=O)c2ccc(-c3ccccc3)s2)[C@@H](C(=O)NOC2CCCCO2)C1. The highest BCUT2D eigenvalue weighted by Gasteiger charge is 2.44. The van der Waals surface area contributed by atoms with E-state index in [0.717, 1.165) is 43.2 Å². The van der Waals surface area contributed by atoms with E-state index in [-0.39, 0.29) is 48.3 Å². The smallest absolute Gasteiger partial charge is 0.263 e. The number of thiophene rings is 1. The number of piperazine rings is 1. The van der Waals surface area contributed by atoms with Crippen molar-refractivity contribution in [1.29, 1.82) is 0 Å². The number of carbonyl (C=O) groups excluding carboxylic acids is 2. The Kier molecular flexibility index (Phi) is 10.3. The fourth-order valence-electron chi connectivity index (χ4n) is 4.49. The van der Waals surface area contributed by atoms with Gasteiger partial charge in [-0.15, -0.1) is 11.3 Å². The van der Waals surface area contributed by atoms with Crippen LogP contribution in [0.1, 0.15) is 32.1 Å². The minimum absolute atomic E-state index is 0.0331.